The van der Waals surface area contributed by atoms with Crippen LogP contribution >= 0.6 is 22.9 Å². The zero-order valence-electron chi connectivity index (χ0n) is 11.2. The van der Waals surface area contributed by atoms with Crippen molar-refractivity contribution in [3.8, 4) is 0 Å². The molecule has 0 saturated heterocycles. The number of nitrogens with one attached hydrogen (secondary N) is 1. The standard InChI is InChI=1S/C14H22ClNOS/c1-14(11-3-4-11,10-16-7-8-17-2)9-12-5-6-13(15)18-12/h5-6,11,16H,3-4,7-10H2,1-2H3. The number of halogens is 1. The highest BCUT2D eigenvalue weighted by Gasteiger charge is 2.41. The summed E-state index contributed by atoms with van der Waals surface area (Å²) in [5.74, 6) is 0.869. The van der Waals surface area contributed by atoms with Gasteiger partial charge in [-0.3, -0.25) is 0 Å². The smallest absolute Gasteiger partial charge is 0.0931 e. The summed E-state index contributed by atoms with van der Waals surface area (Å²) in [6.07, 6.45) is 3.89. The SMILES string of the molecule is COCCNCC(C)(Cc1ccc(Cl)s1)C1CC1. The Morgan fingerprint density at radius 3 is 2.83 bits per heavy atom. The Kier molecular flexibility index (Phi) is 5.07. The molecule has 1 saturated carbocycles. The van der Waals surface area contributed by atoms with Gasteiger partial charge in [0.2, 0.25) is 0 Å². The lowest BCUT2D eigenvalue weighted by atomic mass is 9.81. The summed E-state index contributed by atoms with van der Waals surface area (Å²) in [5.41, 5.74) is 0.363. The first-order chi connectivity index (χ1) is 8.64. The Morgan fingerprint density at radius 1 is 1.50 bits per heavy atom. The van der Waals surface area contributed by atoms with Gasteiger partial charge in [0.05, 0.1) is 10.9 Å². The highest BCUT2D eigenvalue weighted by Crippen LogP contribution is 2.47. The van der Waals surface area contributed by atoms with E-state index in [-0.39, 0.29) is 0 Å². The molecule has 1 aliphatic rings. The van der Waals surface area contributed by atoms with Crippen molar-refractivity contribution >= 4 is 22.9 Å². The van der Waals surface area contributed by atoms with Gasteiger partial charge in [0.1, 0.15) is 0 Å². The normalized spacial score (nSPS) is 18.8. The molecule has 1 aromatic rings. The molecule has 0 aromatic carbocycles. The molecule has 1 N–H and O–H groups in total. The molecule has 2 nitrogen and oxygen atoms in total. The molecule has 4 heteroatoms. The molecule has 0 radical (unpaired) electrons. The van der Waals surface area contributed by atoms with Gasteiger partial charge in [-0.15, -0.1) is 11.3 Å². The summed E-state index contributed by atoms with van der Waals surface area (Å²) in [5, 5.41) is 3.52. The molecule has 1 unspecified atom stereocenters. The van der Waals surface area contributed by atoms with Crippen molar-refractivity contribution in [2.45, 2.75) is 26.2 Å². The second-order valence-corrected chi connectivity index (χ2v) is 7.28. The number of ether oxygens (including phenoxy) is 1. The molecule has 18 heavy (non-hydrogen) atoms. The first kappa shape index (κ1) is 14.3. The first-order valence-corrected chi connectivity index (χ1v) is 7.77. The second kappa shape index (κ2) is 6.38. The average molecular weight is 288 g/mol. The summed E-state index contributed by atoms with van der Waals surface area (Å²) in [4.78, 5) is 1.41. The van der Waals surface area contributed by atoms with Crippen molar-refractivity contribution in [2.24, 2.45) is 11.3 Å². The van der Waals surface area contributed by atoms with Crippen LogP contribution in [0.25, 0.3) is 0 Å². The van der Waals surface area contributed by atoms with E-state index >= 15 is 0 Å². The third kappa shape index (κ3) is 3.95. The van der Waals surface area contributed by atoms with E-state index < -0.39 is 0 Å². The van der Waals surface area contributed by atoms with Gasteiger partial charge >= 0.3 is 0 Å². The molecule has 0 aliphatic heterocycles. The van der Waals surface area contributed by atoms with Crippen LogP contribution in [0.1, 0.15) is 24.6 Å². The predicted octanol–water partition coefficient (Wildman–Crippen LogP) is 3.60. The minimum Gasteiger partial charge on any atom is -0.383 e. The van der Waals surface area contributed by atoms with Crippen LogP contribution in [0, 0.1) is 11.3 Å². The van der Waals surface area contributed by atoms with Crippen LogP contribution < -0.4 is 5.32 Å². The zero-order chi connectivity index (χ0) is 13.0. The monoisotopic (exact) mass is 287 g/mol. The highest BCUT2D eigenvalue weighted by atomic mass is 35.5. The van der Waals surface area contributed by atoms with Gasteiger partial charge < -0.3 is 10.1 Å². The maximum atomic E-state index is 6.02. The molecular weight excluding hydrogens is 266 g/mol. The molecule has 2 rings (SSSR count). The quantitative estimate of drug-likeness (QED) is 0.738. The van der Waals surface area contributed by atoms with Gasteiger partial charge in [-0.2, -0.15) is 0 Å². The van der Waals surface area contributed by atoms with Crippen molar-refractivity contribution < 1.29 is 4.74 Å². The van der Waals surface area contributed by atoms with Crippen LogP contribution in [-0.2, 0) is 11.2 Å². The predicted molar refractivity (Wildman–Crippen MR) is 78.6 cm³/mol. The van der Waals surface area contributed by atoms with Crippen molar-refractivity contribution in [3.63, 3.8) is 0 Å². The summed E-state index contributed by atoms with van der Waals surface area (Å²) < 4.78 is 5.97. The Balaban J connectivity index is 1.89. The summed E-state index contributed by atoms with van der Waals surface area (Å²) in [6.45, 7) is 5.18. The molecular formula is C14H22ClNOS. The molecule has 0 bridgehead atoms. The van der Waals surface area contributed by atoms with E-state index in [2.05, 4.69) is 18.3 Å². The van der Waals surface area contributed by atoms with Gasteiger partial charge in [0.25, 0.3) is 0 Å². The van der Waals surface area contributed by atoms with Crippen molar-refractivity contribution in [3.05, 3.63) is 21.3 Å². The average Bonchev–Trinajstić information content (AvgIpc) is 3.11. The van der Waals surface area contributed by atoms with Gasteiger partial charge in [0, 0.05) is 25.1 Å². The van der Waals surface area contributed by atoms with E-state index in [1.807, 2.05) is 6.07 Å². The number of hydrogen-bond donors (Lipinski definition) is 1. The van der Waals surface area contributed by atoms with Crippen molar-refractivity contribution in [1.82, 2.24) is 5.32 Å². The fourth-order valence-corrected chi connectivity index (χ4v) is 3.81. The molecule has 0 spiro atoms. The fraction of sp³-hybridized carbons (Fsp3) is 0.714. The largest absolute Gasteiger partial charge is 0.383 e. The highest BCUT2D eigenvalue weighted by molar-refractivity contribution is 7.16. The molecule has 1 aromatic heterocycles. The minimum absolute atomic E-state index is 0.363. The van der Waals surface area contributed by atoms with E-state index in [9.17, 15) is 0 Å². The first-order valence-electron chi connectivity index (χ1n) is 6.58. The van der Waals surface area contributed by atoms with E-state index in [1.165, 1.54) is 17.7 Å². The van der Waals surface area contributed by atoms with Crippen LogP contribution in [0.2, 0.25) is 4.34 Å². The van der Waals surface area contributed by atoms with Gasteiger partial charge in [-0.1, -0.05) is 18.5 Å². The fourth-order valence-electron chi connectivity index (χ4n) is 2.52. The van der Waals surface area contributed by atoms with E-state index in [0.717, 1.165) is 36.4 Å². The van der Waals surface area contributed by atoms with Gasteiger partial charge in [-0.25, -0.2) is 0 Å². The van der Waals surface area contributed by atoms with Crippen LogP contribution in [0.4, 0.5) is 0 Å². The number of rotatable bonds is 8. The zero-order valence-corrected chi connectivity index (χ0v) is 12.7. The van der Waals surface area contributed by atoms with Crippen LogP contribution in [0.15, 0.2) is 12.1 Å². The molecule has 0 amide bonds. The lowest BCUT2D eigenvalue weighted by Gasteiger charge is -2.30. The van der Waals surface area contributed by atoms with E-state index in [1.54, 1.807) is 18.4 Å². The van der Waals surface area contributed by atoms with Crippen molar-refractivity contribution in [1.29, 1.82) is 0 Å². The minimum atomic E-state index is 0.363. The van der Waals surface area contributed by atoms with Crippen LogP contribution in [0.5, 0.6) is 0 Å². The molecule has 1 atom stereocenters. The lowest BCUT2D eigenvalue weighted by Crippen LogP contribution is -2.36. The Hall–Kier alpha value is -0.0900. The summed E-state index contributed by atoms with van der Waals surface area (Å²) in [7, 11) is 1.75. The number of thiophene rings is 1. The Labute approximate surface area is 119 Å². The summed E-state index contributed by atoms with van der Waals surface area (Å²) in [6, 6.07) is 4.18. The summed E-state index contributed by atoms with van der Waals surface area (Å²) >= 11 is 7.73. The van der Waals surface area contributed by atoms with Crippen molar-refractivity contribution in [2.75, 3.05) is 26.8 Å². The van der Waals surface area contributed by atoms with Crippen LogP contribution in [0.3, 0.4) is 0 Å². The molecule has 1 fully saturated rings. The van der Waals surface area contributed by atoms with Gasteiger partial charge in [-0.05, 0) is 42.7 Å². The number of hydrogen-bond acceptors (Lipinski definition) is 3. The number of methoxy groups -OCH3 is 1. The Bertz CT molecular complexity index is 378. The van der Waals surface area contributed by atoms with E-state index in [4.69, 9.17) is 16.3 Å². The van der Waals surface area contributed by atoms with E-state index in [0.29, 0.717) is 5.41 Å². The maximum absolute atomic E-state index is 6.02. The third-order valence-electron chi connectivity index (χ3n) is 3.78. The third-order valence-corrected chi connectivity index (χ3v) is 5.01. The molecule has 102 valence electrons. The van der Waals surface area contributed by atoms with Gasteiger partial charge in [0.15, 0.2) is 0 Å². The second-order valence-electron chi connectivity index (χ2n) is 5.48. The molecule has 1 aliphatic carbocycles. The topological polar surface area (TPSA) is 21.3 Å². The van der Waals surface area contributed by atoms with Crippen LogP contribution in [-0.4, -0.2) is 26.8 Å². The molecule has 1 heterocycles. The lowest BCUT2D eigenvalue weighted by molar-refractivity contribution is 0.187. The Morgan fingerprint density at radius 2 is 2.28 bits per heavy atom. The maximum Gasteiger partial charge on any atom is 0.0931 e.